The minimum absolute atomic E-state index is 0.360. The third-order valence-electron chi connectivity index (χ3n) is 6.13. The number of hydrogen-bond acceptors (Lipinski definition) is 6. The highest BCUT2D eigenvalue weighted by molar-refractivity contribution is 6.04. The van der Waals surface area contributed by atoms with Crippen LogP contribution in [0, 0.1) is 0 Å². The highest BCUT2D eigenvalue weighted by atomic mass is 16.5. The van der Waals surface area contributed by atoms with Crippen molar-refractivity contribution in [1.82, 2.24) is 19.7 Å². The van der Waals surface area contributed by atoms with Gasteiger partial charge in [-0.1, -0.05) is 86.8 Å². The molecule has 5 rings (SSSR count). The first-order chi connectivity index (χ1) is 17.8. The number of para-hydroxylation sites is 2. The molecule has 0 fully saturated rings. The number of aryl methyl sites for hydroxylation is 1. The first-order valence-electron chi connectivity index (χ1n) is 12.5. The van der Waals surface area contributed by atoms with Crippen molar-refractivity contribution in [3.8, 4) is 5.75 Å². The van der Waals surface area contributed by atoms with Gasteiger partial charge in [0, 0.05) is 17.5 Å². The Balaban J connectivity index is 1.34. The molecule has 0 aliphatic rings. The van der Waals surface area contributed by atoms with Crippen molar-refractivity contribution in [2.45, 2.75) is 45.8 Å². The van der Waals surface area contributed by atoms with Crippen LogP contribution in [0.25, 0.3) is 22.1 Å². The van der Waals surface area contributed by atoms with Gasteiger partial charge in [-0.15, -0.1) is 10.2 Å². The summed E-state index contributed by atoms with van der Waals surface area (Å²) in [5.41, 5.74) is 7.70. The average Bonchev–Trinajstić information content (AvgIpc) is 3.24. The molecule has 0 aliphatic heterocycles. The molecule has 7 heteroatoms. The molecule has 0 spiro atoms. The van der Waals surface area contributed by atoms with Crippen molar-refractivity contribution in [1.29, 1.82) is 0 Å². The maximum absolute atomic E-state index is 6.02. The summed E-state index contributed by atoms with van der Waals surface area (Å²) in [6.45, 7) is 3.62. The Bertz CT molecular complexity index is 1460. The predicted molar refractivity (Wildman–Crippen MR) is 145 cm³/mol. The Morgan fingerprint density at radius 2 is 1.69 bits per heavy atom. The van der Waals surface area contributed by atoms with Gasteiger partial charge in [0.1, 0.15) is 17.9 Å². The van der Waals surface area contributed by atoms with Gasteiger partial charge in [0.2, 0.25) is 0 Å². The van der Waals surface area contributed by atoms with Crippen LogP contribution in [-0.2, 0) is 13.2 Å². The van der Waals surface area contributed by atoms with Crippen molar-refractivity contribution >= 4 is 34.2 Å². The SMILES string of the molecule is CCCCCCn1c2ccccc2c2nnc(N/N=C/c3ccccc3OCc3ccccc3)nc21. The van der Waals surface area contributed by atoms with Gasteiger partial charge in [0.15, 0.2) is 5.65 Å². The third kappa shape index (κ3) is 5.35. The van der Waals surface area contributed by atoms with E-state index < -0.39 is 0 Å². The fraction of sp³-hybridized carbons (Fsp3) is 0.241. The summed E-state index contributed by atoms with van der Waals surface area (Å²) in [7, 11) is 0. The van der Waals surface area contributed by atoms with Crippen LogP contribution in [0.15, 0.2) is 84.0 Å². The standard InChI is InChI=1S/C29H30N6O/c1-2-3-4-12-19-35-25-17-10-9-16-24(25)27-28(35)31-29(34-32-27)33-30-20-23-15-8-11-18-26(23)36-21-22-13-6-5-7-14-22/h5-11,13-18,20H,2-4,12,19,21H2,1H3,(H,31,33,34)/b30-20+. The lowest BCUT2D eigenvalue weighted by Gasteiger charge is -2.09. The van der Waals surface area contributed by atoms with Gasteiger partial charge < -0.3 is 9.30 Å². The van der Waals surface area contributed by atoms with Crippen LogP contribution in [0.3, 0.4) is 0 Å². The number of rotatable bonds is 11. The number of unbranched alkanes of at least 4 members (excludes halogenated alkanes) is 3. The molecule has 0 atom stereocenters. The van der Waals surface area contributed by atoms with E-state index >= 15 is 0 Å². The normalized spacial score (nSPS) is 11.5. The van der Waals surface area contributed by atoms with Gasteiger partial charge in [-0.25, -0.2) is 5.43 Å². The quantitative estimate of drug-likeness (QED) is 0.132. The van der Waals surface area contributed by atoms with Crippen LogP contribution in [0.5, 0.6) is 5.75 Å². The second kappa shape index (κ2) is 11.4. The number of anilines is 1. The number of ether oxygens (including phenoxy) is 1. The molecule has 0 bridgehead atoms. The molecule has 0 unspecified atom stereocenters. The zero-order chi connectivity index (χ0) is 24.6. The number of hydrogen-bond donors (Lipinski definition) is 1. The number of nitrogens with one attached hydrogen (secondary N) is 1. The van der Waals surface area contributed by atoms with Crippen LogP contribution in [0.1, 0.15) is 43.7 Å². The number of benzene rings is 3. The van der Waals surface area contributed by atoms with E-state index in [0.29, 0.717) is 12.6 Å². The largest absolute Gasteiger partial charge is 0.488 e. The molecule has 2 aromatic heterocycles. The summed E-state index contributed by atoms with van der Waals surface area (Å²) in [5, 5.41) is 14.2. The third-order valence-corrected chi connectivity index (χ3v) is 6.13. The fourth-order valence-corrected chi connectivity index (χ4v) is 4.29. The van der Waals surface area contributed by atoms with Gasteiger partial charge in [-0.2, -0.15) is 10.1 Å². The Morgan fingerprint density at radius 1 is 0.889 bits per heavy atom. The highest BCUT2D eigenvalue weighted by Crippen LogP contribution is 2.27. The zero-order valence-electron chi connectivity index (χ0n) is 20.5. The topological polar surface area (TPSA) is 77.2 Å². The Kier molecular flexibility index (Phi) is 7.46. The van der Waals surface area contributed by atoms with Crippen molar-refractivity contribution < 1.29 is 4.74 Å². The number of fused-ring (bicyclic) bond motifs is 3. The summed E-state index contributed by atoms with van der Waals surface area (Å²) < 4.78 is 8.27. The molecule has 1 N–H and O–H groups in total. The minimum Gasteiger partial charge on any atom is -0.488 e. The molecule has 0 amide bonds. The first-order valence-corrected chi connectivity index (χ1v) is 12.5. The lowest BCUT2D eigenvalue weighted by atomic mass is 10.2. The van der Waals surface area contributed by atoms with E-state index in [4.69, 9.17) is 9.72 Å². The Labute approximate surface area is 210 Å². The van der Waals surface area contributed by atoms with Gasteiger partial charge in [0.05, 0.1) is 11.7 Å². The first kappa shape index (κ1) is 23.5. The molecule has 7 nitrogen and oxygen atoms in total. The second-order valence-electron chi connectivity index (χ2n) is 8.72. The van der Waals surface area contributed by atoms with Crippen LogP contribution >= 0.6 is 0 Å². The molecule has 0 aliphatic carbocycles. The van der Waals surface area contributed by atoms with Crippen LogP contribution < -0.4 is 10.2 Å². The fourth-order valence-electron chi connectivity index (χ4n) is 4.29. The van der Waals surface area contributed by atoms with Gasteiger partial charge in [-0.05, 0) is 30.2 Å². The summed E-state index contributed by atoms with van der Waals surface area (Å²) in [4.78, 5) is 4.77. The van der Waals surface area contributed by atoms with E-state index in [1.807, 2.05) is 60.7 Å². The molecule has 2 heterocycles. The van der Waals surface area contributed by atoms with Gasteiger partial charge in [-0.3, -0.25) is 0 Å². The molecule has 36 heavy (non-hydrogen) atoms. The Morgan fingerprint density at radius 3 is 2.58 bits per heavy atom. The summed E-state index contributed by atoms with van der Waals surface area (Å²) in [6, 6.07) is 26.2. The van der Waals surface area contributed by atoms with Crippen molar-refractivity contribution in [3.63, 3.8) is 0 Å². The van der Waals surface area contributed by atoms with Crippen LogP contribution in [-0.4, -0.2) is 26.0 Å². The maximum Gasteiger partial charge on any atom is 0.265 e. The Hall–Kier alpha value is -4.26. The van der Waals surface area contributed by atoms with E-state index in [9.17, 15) is 0 Å². The second-order valence-corrected chi connectivity index (χ2v) is 8.72. The molecule has 0 saturated heterocycles. The van der Waals surface area contributed by atoms with E-state index in [1.54, 1.807) is 6.21 Å². The molecule has 3 aromatic carbocycles. The lowest BCUT2D eigenvalue weighted by Crippen LogP contribution is -2.04. The van der Waals surface area contributed by atoms with E-state index in [0.717, 1.165) is 51.9 Å². The monoisotopic (exact) mass is 478 g/mol. The summed E-state index contributed by atoms with van der Waals surface area (Å²) >= 11 is 0. The van der Waals surface area contributed by atoms with Crippen LogP contribution in [0.2, 0.25) is 0 Å². The van der Waals surface area contributed by atoms with Gasteiger partial charge in [0.25, 0.3) is 5.95 Å². The number of aromatic nitrogens is 4. The van der Waals surface area contributed by atoms with E-state index in [-0.39, 0.29) is 0 Å². The zero-order valence-corrected chi connectivity index (χ0v) is 20.5. The van der Waals surface area contributed by atoms with Crippen molar-refractivity contribution in [2.75, 3.05) is 5.43 Å². The lowest BCUT2D eigenvalue weighted by molar-refractivity contribution is 0.306. The molecular formula is C29H30N6O. The molecular weight excluding hydrogens is 448 g/mol. The average molecular weight is 479 g/mol. The molecule has 0 saturated carbocycles. The van der Waals surface area contributed by atoms with Crippen LogP contribution in [0.4, 0.5) is 5.95 Å². The number of hydrazone groups is 1. The minimum atomic E-state index is 0.360. The molecule has 5 aromatic rings. The summed E-state index contributed by atoms with van der Waals surface area (Å²) in [5.74, 6) is 1.12. The van der Waals surface area contributed by atoms with Gasteiger partial charge >= 0.3 is 0 Å². The summed E-state index contributed by atoms with van der Waals surface area (Å²) in [6.07, 6.45) is 6.47. The van der Waals surface area contributed by atoms with Crippen molar-refractivity contribution in [2.24, 2.45) is 5.10 Å². The highest BCUT2D eigenvalue weighted by Gasteiger charge is 2.14. The van der Waals surface area contributed by atoms with E-state index in [2.05, 4.69) is 50.4 Å². The predicted octanol–water partition coefficient (Wildman–Crippen LogP) is 6.58. The molecule has 182 valence electrons. The maximum atomic E-state index is 6.02. The smallest absolute Gasteiger partial charge is 0.265 e. The van der Waals surface area contributed by atoms with Crippen molar-refractivity contribution in [3.05, 3.63) is 90.0 Å². The number of nitrogens with zero attached hydrogens (tertiary/aromatic N) is 5. The van der Waals surface area contributed by atoms with E-state index in [1.165, 1.54) is 19.3 Å². The molecule has 0 radical (unpaired) electrons.